The van der Waals surface area contributed by atoms with Crippen molar-refractivity contribution < 1.29 is 23.8 Å². The molecule has 2 rings (SSSR count). The predicted molar refractivity (Wildman–Crippen MR) is 86.1 cm³/mol. The molecule has 1 unspecified atom stereocenters. The van der Waals surface area contributed by atoms with Gasteiger partial charge < -0.3 is 19.6 Å². The molecule has 1 atom stereocenters. The van der Waals surface area contributed by atoms with Gasteiger partial charge in [-0.15, -0.1) is 0 Å². The van der Waals surface area contributed by atoms with Crippen molar-refractivity contribution in [1.29, 1.82) is 0 Å². The number of hydrogen-bond acceptors (Lipinski definition) is 4. The summed E-state index contributed by atoms with van der Waals surface area (Å²) >= 11 is 0. The Balaban J connectivity index is 2.06. The number of aliphatic hydroxyl groups excluding tert-OH is 1. The molecule has 7 heteroatoms. The van der Waals surface area contributed by atoms with Crippen molar-refractivity contribution in [1.82, 2.24) is 9.80 Å². The molecule has 1 fully saturated rings. The molecule has 6 nitrogen and oxygen atoms in total. The second-order valence-corrected chi connectivity index (χ2v) is 6.77. The van der Waals surface area contributed by atoms with Crippen LogP contribution in [0.5, 0.6) is 0 Å². The van der Waals surface area contributed by atoms with E-state index in [4.69, 9.17) is 4.74 Å². The monoisotopic (exact) mass is 338 g/mol. The maximum atomic E-state index is 13.0. The van der Waals surface area contributed by atoms with Crippen molar-refractivity contribution in [3.8, 4) is 0 Å². The van der Waals surface area contributed by atoms with Crippen LogP contribution in [-0.4, -0.2) is 64.8 Å². The van der Waals surface area contributed by atoms with E-state index in [1.54, 1.807) is 20.8 Å². The highest BCUT2D eigenvalue weighted by atomic mass is 19.1. The van der Waals surface area contributed by atoms with Crippen molar-refractivity contribution in [2.75, 3.05) is 26.2 Å². The molecule has 1 aliphatic heterocycles. The number of halogens is 1. The number of piperazine rings is 1. The van der Waals surface area contributed by atoms with Crippen LogP contribution in [0, 0.1) is 5.82 Å². The van der Waals surface area contributed by atoms with E-state index in [0.717, 1.165) is 0 Å². The van der Waals surface area contributed by atoms with Gasteiger partial charge in [0.15, 0.2) is 0 Å². The van der Waals surface area contributed by atoms with Gasteiger partial charge in [0.1, 0.15) is 11.4 Å². The van der Waals surface area contributed by atoms with E-state index in [0.29, 0.717) is 12.1 Å². The van der Waals surface area contributed by atoms with Gasteiger partial charge in [-0.1, -0.05) is 0 Å². The lowest BCUT2D eigenvalue weighted by atomic mass is 10.1. The number of carbonyl (C=O) groups is 2. The first-order valence-corrected chi connectivity index (χ1v) is 7.86. The third-order valence-corrected chi connectivity index (χ3v) is 3.70. The van der Waals surface area contributed by atoms with E-state index in [2.05, 4.69) is 0 Å². The molecule has 1 aromatic rings. The zero-order valence-electron chi connectivity index (χ0n) is 14.2. The van der Waals surface area contributed by atoms with Crippen molar-refractivity contribution in [2.45, 2.75) is 32.4 Å². The number of amides is 2. The molecular weight excluding hydrogens is 315 g/mol. The summed E-state index contributed by atoms with van der Waals surface area (Å²) in [5, 5.41) is 9.60. The number of benzene rings is 1. The third kappa shape index (κ3) is 4.44. The van der Waals surface area contributed by atoms with Gasteiger partial charge in [0.25, 0.3) is 5.91 Å². The third-order valence-electron chi connectivity index (χ3n) is 3.70. The predicted octanol–water partition coefficient (Wildman–Crippen LogP) is 1.88. The van der Waals surface area contributed by atoms with Gasteiger partial charge >= 0.3 is 6.09 Å². The Labute approximate surface area is 140 Å². The van der Waals surface area contributed by atoms with Gasteiger partial charge in [-0.3, -0.25) is 4.79 Å². The zero-order valence-corrected chi connectivity index (χ0v) is 14.2. The first-order valence-electron chi connectivity index (χ1n) is 7.86. The molecule has 1 saturated heterocycles. The van der Waals surface area contributed by atoms with E-state index in [1.165, 1.54) is 34.1 Å². The average molecular weight is 338 g/mol. The minimum absolute atomic E-state index is 0.193. The maximum absolute atomic E-state index is 13.0. The summed E-state index contributed by atoms with van der Waals surface area (Å²) in [4.78, 5) is 27.7. The molecular formula is C17H23FN2O4. The summed E-state index contributed by atoms with van der Waals surface area (Å²) < 4.78 is 18.3. The van der Waals surface area contributed by atoms with Gasteiger partial charge in [0.2, 0.25) is 0 Å². The molecule has 0 bridgehead atoms. The van der Waals surface area contributed by atoms with E-state index < -0.39 is 23.6 Å². The Morgan fingerprint density at radius 1 is 1.25 bits per heavy atom. The van der Waals surface area contributed by atoms with Crippen LogP contribution in [0.15, 0.2) is 24.3 Å². The van der Waals surface area contributed by atoms with Crippen LogP contribution in [0.3, 0.4) is 0 Å². The topological polar surface area (TPSA) is 70.1 Å². The highest BCUT2D eigenvalue weighted by Crippen LogP contribution is 2.17. The van der Waals surface area contributed by atoms with Crippen LogP contribution in [0.25, 0.3) is 0 Å². The lowest BCUT2D eigenvalue weighted by Crippen LogP contribution is -2.58. The Kier molecular flexibility index (Phi) is 5.43. The van der Waals surface area contributed by atoms with Crippen LogP contribution in [-0.2, 0) is 4.74 Å². The smallest absolute Gasteiger partial charge is 0.410 e. The number of aliphatic hydroxyl groups is 1. The molecule has 24 heavy (non-hydrogen) atoms. The van der Waals surface area contributed by atoms with Gasteiger partial charge in [-0.05, 0) is 45.0 Å². The van der Waals surface area contributed by atoms with E-state index >= 15 is 0 Å². The lowest BCUT2D eigenvalue weighted by Gasteiger charge is -2.40. The first-order chi connectivity index (χ1) is 11.2. The Bertz CT molecular complexity index is 598. The molecule has 0 saturated carbocycles. The minimum atomic E-state index is -0.604. The summed E-state index contributed by atoms with van der Waals surface area (Å²) in [5.41, 5.74) is -0.257. The van der Waals surface area contributed by atoms with Crippen LogP contribution >= 0.6 is 0 Å². The quantitative estimate of drug-likeness (QED) is 0.894. The molecule has 1 N–H and O–H groups in total. The fourth-order valence-corrected chi connectivity index (χ4v) is 2.53. The molecule has 1 heterocycles. The van der Waals surface area contributed by atoms with E-state index in [9.17, 15) is 19.1 Å². The summed E-state index contributed by atoms with van der Waals surface area (Å²) in [7, 11) is 0. The molecule has 1 aliphatic rings. The number of ether oxygens (including phenoxy) is 1. The van der Waals surface area contributed by atoms with Gasteiger partial charge in [-0.2, -0.15) is 0 Å². The van der Waals surface area contributed by atoms with Crippen LogP contribution < -0.4 is 0 Å². The lowest BCUT2D eigenvalue weighted by molar-refractivity contribution is -0.00242. The van der Waals surface area contributed by atoms with Crippen molar-refractivity contribution in [3.05, 3.63) is 35.6 Å². The summed E-state index contributed by atoms with van der Waals surface area (Å²) in [6.07, 6.45) is -0.463. The van der Waals surface area contributed by atoms with Crippen LogP contribution in [0.1, 0.15) is 31.1 Å². The van der Waals surface area contributed by atoms with Gasteiger partial charge in [0, 0.05) is 25.2 Å². The Morgan fingerprint density at radius 2 is 1.88 bits per heavy atom. The summed E-state index contributed by atoms with van der Waals surface area (Å²) in [6.45, 7) is 5.86. The van der Waals surface area contributed by atoms with Crippen molar-refractivity contribution in [2.24, 2.45) is 0 Å². The standard InChI is InChI=1S/C17H23FN2O4/c1-17(2,3)24-16(23)19-8-9-20(14(10-19)11-21)15(22)12-4-6-13(18)7-5-12/h4-7,14,21H,8-11H2,1-3H3. The average Bonchev–Trinajstić information content (AvgIpc) is 2.52. The second-order valence-electron chi connectivity index (χ2n) is 6.77. The SMILES string of the molecule is CC(C)(C)OC(=O)N1CCN(C(=O)c2ccc(F)cc2)C(CO)C1. The number of rotatable bonds is 2. The molecule has 0 spiro atoms. The summed E-state index contributed by atoms with van der Waals surface area (Å²) in [6, 6.07) is 4.73. The fraction of sp³-hybridized carbons (Fsp3) is 0.529. The van der Waals surface area contributed by atoms with E-state index in [1.807, 2.05) is 0 Å². The normalized spacial score (nSPS) is 18.5. The fourth-order valence-electron chi connectivity index (χ4n) is 2.53. The van der Waals surface area contributed by atoms with Crippen LogP contribution in [0.2, 0.25) is 0 Å². The molecule has 2 amide bonds. The van der Waals surface area contributed by atoms with Crippen molar-refractivity contribution in [3.63, 3.8) is 0 Å². The summed E-state index contributed by atoms with van der Waals surface area (Å²) in [5.74, 6) is -0.710. The number of carbonyl (C=O) groups excluding carboxylic acids is 2. The highest BCUT2D eigenvalue weighted by Gasteiger charge is 2.34. The minimum Gasteiger partial charge on any atom is -0.444 e. The Morgan fingerprint density at radius 3 is 2.42 bits per heavy atom. The van der Waals surface area contributed by atoms with Gasteiger partial charge in [0.05, 0.1) is 12.6 Å². The van der Waals surface area contributed by atoms with E-state index in [-0.39, 0.29) is 25.6 Å². The molecule has 0 aliphatic carbocycles. The second kappa shape index (κ2) is 7.17. The van der Waals surface area contributed by atoms with Crippen LogP contribution in [0.4, 0.5) is 9.18 Å². The first kappa shape index (κ1) is 18.2. The maximum Gasteiger partial charge on any atom is 0.410 e. The molecule has 1 aromatic carbocycles. The largest absolute Gasteiger partial charge is 0.444 e. The molecule has 132 valence electrons. The molecule has 0 radical (unpaired) electrons. The molecule has 0 aromatic heterocycles. The number of nitrogens with zero attached hydrogens (tertiary/aromatic N) is 2. The number of hydrogen-bond donors (Lipinski definition) is 1. The highest BCUT2D eigenvalue weighted by molar-refractivity contribution is 5.94. The van der Waals surface area contributed by atoms with Crippen molar-refractivity contribution >= 4 is 12.0 Å². The Hall–Kier alpha value is -2.15. The zero-order chi connectivity index (χ0) is 17.9. The van der Waals surface area contributed by atoms with Gasteiger partial charge in [-0.25, -0.2) is 9.18 Å².